The molecule has 1 aromatic heterocycles. The van der Waals surface area contributed by atoms with Gasteiger partial charge in [0.15, 0.2) is 0 Å². The fourth-order valence-electron chi connectivity index (χ4n) is 2.78. The maximum atomic E-state index is 5.92. The van der Waals surface area contributed by atoms with Crippen molar-refractivity contribution in [2.75, 3.05) is 0 Å². The number of furan rings is 1. The summed E-state index contributed by atoms with van der Waals surface area (Å²) in [5.74, 6) is 0. The predicted octanol–water partition coefficient (Wildman–Crippen LogP) is 3.00. The van der Waals surface area contributed by atoms with E-state index in [1.54, 1.807) is 0 Å². The van der Waals surface area contributed by atoms with Crippen LogP contribution in [0.5, 0.6) is 0 Å². The summed E-state index contributed by atoms with van der Waals surface area (Å²) in [4.78, 5) is 0. The first-order chi connectivity index (χ1) is 8.84. The maximum absolute atomic E-state index is 5.92. The molecule has 0 fully saturated rings. The van der Waals surface area contributed by atoms with Gasteiger partial charge in [0.1, 0.15) is 19.0 Å². The van der Waals surface area contributed by atoms with E-state index in [1.807, 2.05) is 12.1 Å². The summed E-state index contributed by atoms with van der Waals surface area (Å²) in [6.07, 6.45) is 0. The fraction of sp³-hybridized carbons (Fsp3) is 0. The second-order valence-corrected chi connectivity index (χ2v) is 4.71. The third-order valence-electron chi connectivity index (χ3n) is 3.59. The van der Waals surface area contributed by atoms with Gasteiger partial charge in [-0.1, -0.05) is 47.9 Å². The first-order valence-electron chi connectivity index (χ1n) is 6.14. The smallest absolute Gasteiger partial charge is 0.140 e. The van der Waals surface area contributed by atoms with Crippen molar-refractivity contribution < 1.29 is 4.42 Å². The van der Waals surface area contributed by atoms with Crippen LogP contribution in [0.4, 0.5) is 0 Å². The van der Waals surface area contributed by atoms with E-state index < -0.39 is 0 Å². The van der Waals surface area contributed by atoms with Gasteiger partial charge in [0.25, 0.3) is 0 Å². The maximum Gasteiger partial charge on any atom is 0.140 e. The van der Waals surface area contributed by atoms with Crippen LogP contribution in [0.2, 0.25) is 0 Å². The van der Waals surface area contributed by atoms with Gasteiger partial charge in [-0.05, 0) is 22.9 Å². The highest BCUT2D eigenvalue weighted by atomic mass is 16.3. The Balaban J connectivity index is 2.40. The topological polar surface area (TPSA) is 13.1 Å². The Labute approximate surface area is 105 Å². The van der Waals surface area contributed by atoms with Crippen molar-refractivity contribution in [2.45, 2.75) is 0 Å². The minimum Gasteiger partial charge on any atom is -0.456 e. The Morgan fingerprint density at radius 2 is 1.61 bits per heavy atom. The molecule has 0 aliphatic carbocycles. The van der Waals surface area contributed by atoms with Gasteiger partial charge in [-0.2, -0.15) is 0 Å². The molecule has 0 spiro atoms. The zero-order valence-corrected chi connectivity index (χ0v) is 10.1. The van der Waals surface area contributed by atoms with E-state index in [0.717, 1.165) is 11.2 Å². The summed E-state index contributed by atoms with van der Waals surface area (Å²) in [5.41, 5.74) is 3.23. The largest absolute Gasteiger partial charge is 0.456 e. The molecule has 1 heterocycles. The average Bonchev–Trinajstić information content (AvgIpc) is 2.77. The molecule has 0 saturated carbocycles. The lowest BCUT2D eigenvalue weighted by atomic mass is 9.88. The highest BCUT2D eigenvalue weighted by Crippen LogP contribution is 2.33. The Bertz CT molecular complexity index is 889. The SMILES string of the molecule is Bc1cccc2ccc3oc4ccccc4c3c12. The minimum atomic E-state index is 0.961. The first-order valence-corrected chi connectivity index (χ1v) is 6.14. The van der Waals surface area contributed by atoms with E-state index in [4.69, 9.17) is 4.42 Å². The van der Waals surface area contributed by atoms with Crippen LogP contribution >= 0.6 is 0 Å². The third-order valence-corrected chi connectivity index (χ3v) is 3.59. The molecule has 4 aromatic rings. The molecule has 0 radical (unpaired) electrons. The fourth-order valence-corrected chi connectivity index (χ4v) is 2.78. The summed E-state index contributed by atoms with van der Waals surface area (Å²) >= 11 is 0. The Hall–Kier alpha value is -2.22. The normalized spacial score (nSPS) is 11.6. The first kappa shape index (κ1) is 9.78. The van der Waals surface area contributed by atoms with Gasteiger partial charge in [-0.25, -0.2) is 0 Å². The van der Waals surface area contributed by atoms with Crippen LogP contribution in [-0.2, 0) is 0 Å². The molecule has 0 amide bonds. The molecule has 1 nitrogen and oxygen atoms in total. The van der Waals surface area contributed by atoms with Crippen molar-refractivity contribution in [1.82, 2.24) is 0 Å². The average molecular weight is 230 g/mol. The second kappa shape index (κ2) is 3.39. The van der Waals surface area contributed by atoms with Crippen LogP contribution in [0.15, 0.2) is 59.0 Å². The van der Waals surface area contributed by atoms with Crippen molar-refractivity contribution >= 4 is 46.0 Å². The molecule has 0 aliphatic rings. The molecule has 0 saturated heterocycles. The third kappa shape index (κ3) is 1.18. The number of hydrogen-bond acceptors (Lipinski definition) is 1. The second-order valence-electron chi connectivity index (χ2n) is 4.71. The zero-order valence-electron chi connectivity index (χ0n) is 10.1. The summed E-state index contributed by atoms with van der Waals surface area (Å²) in [7, 11) is 2.16. The molecule has 4 rings (SSSR count). The number of rotatable bonds is 0. The van der Waals surface area contributed by atoms with Gasteiger partial charge in [0.05, 0.1) is 0 Å². The van der Waals surface area contributed by atoms with E-state index in [2.05, 4.69) is 50.3 Å². The summed E-state index contributed by atoms with van der Waals surface area (Å²) in [6.45, 7) is 0. The molecular formula is C16H11BO. The molecule has 84 valence electrons. The van der Waals surface area contributed by atoms with E-state index >= 15 is 0 Å². The number of para-hydroxylation sites is 1. The van der Waals surface area contributed by atoms with Crippen LogP contribution in [0.1, 0.15) is 0 Å². The monoisotopic (exact) mass is 230 g/mol. The lowest BCUT2D eigenvalue weighted by Gasteiger charge is -2.03. The van der Waals surface area contributed by atoms with Crippen molar-refractivity contribution in [1.29, 1.82) is 0 Å². The molecule has 0 unspecified atom stereocenters. The highest BCUT2D eigenvalue weighted by Gasteiger charge is 2.10. The standard InChI is InChI=1S/C16H11BO/c17-12-6-3-4-10-8-9-14-16(15(10)12)11-5-1-2-7-13(11)18-14/h1-9H,17H2. The van der Waals surface area contributed by atoms with Gasteiger partial charge in [-0.3, -0.25) is 0 Å². The molecule has 3 aromatic carbocycles. The lowest BCUT2D eigenvalue weighted by molar-refractivity contribution is 0.669. The number of hydrogen-bond donors (Lipinski definition) is 0. The van der Waals surface area contributed by atoms with Gasteiger partial charge in [0.2, 0.25) is 0 Å². The predicted molar refractivity (Wildman–Crippen MR) is 79.4 cm³/mol. The number of benzene rings is 3. The molecule has 2 heteroatoms. The van der Waals surface area contributed by atoms with Gasteiger partial charge in [0, 0.05) is 10.8 Å². The molecular weight excluding hydrogens is 219 g/mol. The molecule has 0 aliphatic heterocycles. The van der Waals surface area contributed by atoms with Crippen molar-refractivity contribution in [3.8, 4) is 0 Å². The van der Waals surface area contributed by atoms with E-state index in [0.29, 0.717) is 0 Å². The van der Waals surface area contributed by atoms with E-state index in [9.17, 15) is 0 Å². The van der Waals surface area contributed by atoms with Gasteiger partial charge < -0.3 is 4.42 Å². The summed E-state index contributed by atoms with van der Waals surface area (Å²) in [5, 5.41) is 5.02. The van der Waals surface area contributed by atoms with Crippen LogP contribution in [0.3, 0.4) is 0 Å². The van der Waals surface area contributed by atoms with Crippen LogP contribution in [-0.4, -0.2) is 7.85 Å². The van der Waals surface area contributed by atoms with E-state index in [1.165, 1.54) is 27.0 Å². The molecule has 18 heavy (non-hydrogen) atoms. The van der Waals surface area contributed by atoms with Crippen molar-refractivity contribution in [2.24, 2.45) is 0 Å². The Morgan fingerprint density at radius 1 is 0.722 bits per heavy atom. The highest BCUT2D eigenvalue weighted by molar-refractivity contribution is 6.42. The van der Waals surface area contributed by atoms with Gasteiger partial charge in [-0.15, -0.1) is 0 Å². The molecule has 0 bridgehead atoms. The van der Waals surface area contributed by atoms with Crippen molar-refractivity contribution in [3.05, 3.63) is 54.6 Å². The van der Waals surface area contributed by atoms with Crippen LogP contribution in [0, 0.1) is 0 Å². The van der Waals surface area contributed by atoms with Crippen molar-refractivity contribution in [3.63, 3.8) is 0 Å². The zero-order chi connectivity index (χ0) is 12.1. The summed E-state index contributed by atoms with van der Waals surface area (Å²) in [6, 6.07) is 18.9. The molecule has 0 N–H and O–H groups in total. The summed E-state index contributed by atoms with van der Waals surface area (Å²) < 4.78 is 5.92. The van der Waals surface area contributed by atoms with Gasteiger partial charge >= 0.3 is 0 Å². The lowest BCUT2D eigenvalue weighted by Crippen LogP contribution is -2.02. The van der Waals surface area contributed by atoms with E-state index in [-0.39, 0.29) is 0 Å². The Kier molecular flexibility index (Phi) is 1.84. The number of fused-ring (bicyclic) bond motifs is 5. The quantitative estimate of drug-likeness (QED) is 0.423. The van der Waals surface area contributed by atoms with Crippen LogP contribution < -0.4 is 5.46 Å². The molecule has 0 atom stereocenters. The Morgan fingerprint density at radius 3 is 2.56 bits per heavy atom. The van der Waals surface area contributed by atoms with Crippen LogP contribution in [0.25, 0.3) is 32.7 Å². The minimum absolute atomic E-state index is 0.961.